The molecule has 0 unspecified atom stereocenters. The highest BCUT2D eigenvalue weighted by molar-refractivity contribution is 5.80. The number of piperidine rings is 1. The van der Waals surface area contributed by atoms with E-state index in [9.17, 15) is 9.18 Å². The van der Waals surface area contributed by atoms with E-state index >= 15 is 0 Å². The monoisotopic (exact) mass is 361 g/mol. The number of carbonyl (C=O) groups is 1. The molecule has 2 aliphatic carbocycles. The number of carbonyl (C=O) groups excluding carboxylic acids is 1. The van der Waals surface area contributed by atoms with Crippen LogP contribution in [0.3, 0.4) is 0 Å². The Balaban J connectivity index is 1.40. The lowest BCUT2D eigenvalue weighted by molar-refractivity contribution is -0.142. The summed E-state index contributed by atoms with van der Waals surface area (Å²) < 4.78 is 24.4. The van der Waals surface area contributed by atoms with E-state index in [1.54, 1.807) is 19.2 Å². The number of likely N-dealkylation sites (tertiary alicyclic amines) is 1. The van der Waals surface area contributed by atoms with Gasteiger partial charge in [-0.2, -0.15) is 0 Å². The molecule has 4 nitrogen and oxygen atoms in total. The van der Waals surface area contributed by atoms with Crippen molar-refractivity contribution in [2.75, 3.05) is 13.7 Å². The molecule has 1 aromatic rings. The van der Waals surface area contributed by atoms with E-state index in [0.717, 1.165) is 38.5 Å². The molecule has 2 saturated carbocycles. The number of halogens is 1. The molecule has 26 heavy (non-hydrogen) atoms. The third-order valence-corrected chi connectivity index (χ3v) is 6.59. The van der Waals surface area contributed by atoms with E-state index in [1.807, 2.05) is 0 Å². The van der Waals surface area contributed by atoms with Crippen molar-refractivity contribution in [2.45, 2.75) is 63.1 Å². The fourth-order valence-corrected chi connectivity index (χ4v) is 5.12. The van der Waals surface area contributed by atoms with Crippen LogP contribution in [0.2, 0.25) is 0 Å². The third kappa shape index (κ3) is 3.46. The Morgan fingerprint density at radius 1 is 1.12 bits per heavy atom. The molecule has 1 heterocycles. The van der Waals surface area contributed by atoms with Crippen molar-refractivity contribution < 1.29 is 18.7 Å². The van der Waals surface area contributed by atoms with Crippen molar-refractivity contribution in [2.24, 2.45) is 11.8 Å². The molecule has 0 radical (unpaired) electrons. The fraction of sp³-hybridized carbons (Fsp3) is 0.667. The standard InChI is InChI=1S/C21H28FNO3/c1-25-18-8-3-14(4-9-18)21(24)23-17-7-2-15(12-17)20(23)13-26-19-10-5-16(22)6-11-19/h5-6,10-11,14-15,17-18,20H,2-4,7-9,12-13H2,1H3/t14?,15-,17+,18?,20-/m0/s1. The number of amides is 1. The van der Waals surface area contributed by atoms with E-state index in [4.69, 9.17) is 9.47 Å². The highest BCUT2D eigenvalue weighted by atomic mass is 19.1. The van der Waals surface area contributed by atoms with Crippen LogP contribution in [0.25, 0.3) is 0 Å². The maximum absolute atomic E-state index is 13.2. The minimum absolute atomic E-state index is 0.133. The molecule has 4 rings (SSSR count). The molecule has 1 aromatic carbocycles. The lowest BCUT2D eigenvalue weighted by atomic mass is 9.85. The summed E-state index contributed by atoms with van der Waals surface area (Å²) >= 11 is 0. The van der Waals surface area contributed by atoms with Crippen molar-refractivity contribution in [3.8, 4) is 5.75 Å². The van der Waals surface area contributed by atoms with Crippen molar-refractivity contribution in [3.05, 3.63) is 30.1 Å². The minimum Gasteiger partial charge on any atom is -0.491 e. The molecule has 142 valence electrons. The molecule has 1 aliphatic heterocycles. The van der Waals surface area contributed by atoms with Crippen molar-refractivity contribution in [3.63, 3.8) is 0 Å². The summed E-state index contributed by atoms with van der Waals surface area (Å²) in [6.07, 6.45) is 7.53. The molecule has 1 amide bonds. The van der Waals surface area contributed by atoms with Gasteiger partial charge in [0.25, 0.3) is 0 Å². The zero-order valence-electron chi connectivity index (χ0n) is 15.4. The highest BCUT2D eigenvalue weighted by Crippen LogP contribution is 2.44. The molecule has 1 saturated heterocycles. The first-order chi connectivity index (χ1) is 12.7. The second-order valence-electron chi connectivity index (χ2n) is 8.01. The average molecular weight is 361 g/mol. The van der Waals surface area contributed by atoms with Gasteiger partial charge in [-0.25, -0.2) is 4.39 Å². The van der Waals surface area contributed by atoms with Gasteiger partial charge in [0, 0.05) is 19.1 Å². The summed E-state index contributed by atoms with van der Waals surface area (Å²) in [5.74, 6) is 1.40. The van der Waals surface area contributed by atoms with Gasteiger partial charge in [-0.3, -0.25) is 4.79 Å². The van der Waals surface area contributed by atoms with E-state index in [-0.39, 0.29) is 17.8 Å². The Morgan fingerprint density at radius 2 is 1.85 bits per heavy atom. The van der Waals surface area contributed by atoms with Crippen molar-refractivity contribution >= 4 is 5.91 Å². The van der Waals surface area contributed by atoms with Crippen LogP contribution < -0.4 is 4.74 Å². The predicted molar refractivity (Wildman–Crippen MR) is 96.4 cm³/mol. The van der Waals surface area contributed by atoms with Gasteiger partial charge in [-0.1, -0.05) is 0 Å². The second-order valence-corrected chi connectivity index (χ2v) is 8.01. The molecular weight excluding hydrogens is 333 g/mol. The minimum atomic E-state index is -0.263. The molecule has 5 heteroatoms. The fourth-order valence-electron chi connectivity index (χ4n) is 5.12. The summed E-state index contributed by atoms with van der Waals surface area (Å²) in [7, 11) is 1.76. The van der Waals surface area contributed by atoms with E-state index in [1.165, 1.54) is 18.6 Å². The number of ether oxygens (including phenoxy) is 2. The largest absolute Gasteiger partial charge is 0.491 e. The van der Waals surface area contributed by atoms with Gasteiger partial charge in [0.15, 0.2) is 0 Å². The number of hydrogen-bond donors (Lipinski definition) is 0. The molecule has 0 N–H and O–H groups in total. The molecule has 3 aliphatic rings. The maximum atomic E-state index is 13.2. The number of methoxy groups -OCH3 is 1. The lowest BCUT2D eigenvalue weighted by Crippen LogP contribution is -2.50. The number of hydrogen-bond acceptors (Lipinski definition) is 3. The first kappa shape index (κ1) is 17.8. The Labute approximate surface area is 154 Å². The SMILES string of the molecule is COC1CCC(C(=O)N2[C@@H]3CC[C@@H](C3)[C@@H]2COc2ccc(F)cc2)CC1. The Hall–Kier alpha value is -1.62. The summed E-state index contributed by atoms with van der Waals surface area (Å²) in [6, 6.07) is 6.67. The molecular formula is C21H28FNO3. The third-order valence-electron chi connectivity index (χ3n) is 6.59. The van der Waals surface area contributed by atoms with Gasteiger partial charge in [0.2, 0.25) is 5.91 Å². The van der Waals surface area contributed by atoms with Crippen LogP contribution in [-0.4, -0.2) is 42.7 Å². The Morgan fingerprint density at radius 3 is 2.54 bits per heavy atom. The van der Waals surface area contributed by atoms with Gasteiger partial charge in [-0.05, 0) is 75.1 Å². The van der Waals surface area contributed by atoms with Crippen LogP contribution >= 0.6 is 0 Å². The van der Waals surface area contributed by atoms with E-state index in [0.29, 0.717) is 36.3 Å². The number of fused-ring (bicyclic) bond motifs is 2. The van der Waals surface area contributed by atoms with Crippen molar-refractivity contribution in [1.29, 1.82) is 0 Å². The molecule has 0 spiro atoms. The first-order valence-electron chi connectivity index (χ1n) is 9.89. The number of nitrogens with zero attached hydrogens (tertiary/aromatic N) is 1. The van der Waals surface area contributed by atoms with Crippen LogP contribution in [-0.2, 0) is 9.53 Å². The van der Waals surface area contributed by atoms with Crippen LogP contribution in [0.15, 0.2) is 24.3 Å². The molecule has 0 aromatic heterocycles. The quantitative estimate of drug-likeness (QED) is 0.801. The number of rotatable bonds is 5. The van der Waals surface area contributed by atoms with Crippen LogP contribution in [0.5, 0.6) is 5.75 Å². The van der Waals surface area contributed by atoms with Crippen LogP contribution in [0.1, 0.15) is 44.9 Å². The molecule has 3 fully saturated rings. The summed E-state index contributed by atoms with van der Waals surface area (Å²) in [6.45, 7) is 0.506. The van der Waals surface area contributed by atoms with Crippen LogP contribution in [0.4, 0.5) is 4.39 Å². The van der Waals surface area contributed by atoms with Crippen molar-refractivity contribution in [1.82, 2.24) is 4.90 Å². The topological polar surface area (TPSA) is 38.8 Å². The average Bonchev–Trinajstić information content (AvgIpc) is 3.28. The summed E-state index contributed by atoms with van der Waals surface area (Å²) in [5.41, 5.74) is 0. The Kier molecular flexibility index (Phi) is 5.16. The smallest absolute Gasteiger partial charge is 0.226 e. The molecule has 2 bridgehead atoms. The van der Waals surface area contributed by atoms with Gasteiger partial charge < -0.3 is 14.4 Å². The zero-order valence-corrected chi connectivity index (χ0v) is 15.4. The highest BCUT2D eigenvalue weighted by Gasteiger charge is 2.49. The van der Waals surface area contributed by atoms with Gasteiger partial charge in [0.05, 0.1) is 12.1 Å². The van der Waals surface area contributed by atoms with Gasteiger partial charge >= 0.3 is 0 Å². The Bertz CT molecular complexity index is 627. The predicted octanol–water partition coefficient (Wildman–Crippen LogP) is 3.79. The maximum Gasteiger partial charge on any atom is 0.226 e. The van der Waals surface area contributed by atoms with E-state index in [2.05, 4.69) is 4.90 Å². The van der Waals surface area contributed by atoms with Crippen LogP contribution in [0, 0.1) is 17.7 Å². The first-order valence-corrected chi connectivity index (χ1v) is 9.89. The van der Waals surface area contributed by atoms with E-state index < -0.39 is 0 Å². The second kappa shape index (κ2) is 7.55. The summed E-state index contributed by atoms with van der Waals surface area (Å²) in [5, 5.41) is 0. The lowest BCUT2D eigenvalue weighted by Gasteiger charge is -2.39. The van der Waals surface area contributed by atoms with Gasteiger partial charge in [0.1, 0.15) is 18.2 Å². The molecule has 3 atom stereocenters. The van der Waals surface area contributed by atoms with Gasteiger partial charge in [-0.15, -0.1) is 0 Å². The number of benzene rings is 1. The summed E-state index contributed by atoms with van der Waals surface area (Å²) in [4.78, 5) is 15.4. The normalized spacial score (nSPS) is 33.5. The zero-order chi connectivity index (χ0) is 18.1.